The van der Waals surface area contributed by atoms with Gasteiger partial charge >= 0.3 is 12.1 Å². The Bertz CT molecular complexity index is 1120. The van der Waals surface area contributed by atoms with E-state index >= 15 is 0 Å². The first kappa shape index (κ1) is 24.5. The van der Waals surface area contributed by atoms with Crippen LogP contribution in [0.15, 0.2) is 48.5 Å². The number of nitrogens with zero attached hydrogens (tertiary/aromatic N) is 1. The summed E-state index contributed by atoms with van der Waals surface area (Å²) in [5.41, 5.74) is 0.255. The van der Waals surface area contributed by atoms with Crippen LogP contribution in [0.4, 0.5) is 18.2 Å². The molecule has 0 aliphatic heterocycles. The van der Waals surface area contributed by atoms with Gasteiger partial charge in [-0.2, -0.15) is 17.5 Å². The molecule has 0 radical (unpaired) electrons. The third-order valence-electron chi connectivity index (χ3n) is 4.28. The lowest BCUT2D eigenvalue weighted by Crippen LogP contribution is -2.14. The topological polar surface area (TPSA) is 77.5 Å². The molecule has 0 atom stereocenters. The molecule has 0 aliphatic carbocycles. The first-order valence-electron chi connectivity index (χ1n) is 9.69. The van der Waals surface area contributed by atoms with Crippen molar-refractivity contribution >= 4 is 40.0 Å². The number of nitrogens with one attached hydrogen (secondary N) is 1. The fraction of sp³-hybridized carbons (Fsp3) is 0.227. The molecular formula is C22H18ClF3N2O4S. The predicted molar refractivity (Wildman–Crippen MR) is 118 cm³/mol. The summed E-state index contributed by atoms with van der Waals surface area (Å²) in [5.74, 6) is -0.124. The Hall–Kier alpha value is -3.11. The summed E-state index contributed by atoms with van der Waals surface area (Å²) in [4.78, 5) is 23.9. The van der Waals surface area contributed by atoms with Crippen LogP contribution in [0, 0.1) is 0 Å². The van der Waals surface area contributed by atoms with E-state index in [-0.39, 0.29) is 36.1 Å². The van der Waals surface area contributed by atoms with E-state index in [1.165, 1.54) is 12.1 Å². The van der Waals surface area contributed by atoms with Gasteiger partial charge in [-0.15, -0.1) is 0 Å². The summed E-state index contributed by atoms with van der Waals surface area (Å²) < 4.78 is 52.4. The Morgan fingerprint density at radius 3 is 2.21 bits per heavy atom. The van der Waals surface area contributed by atoms with Crippen molar-refractivity contribution < 1.29 is 32.2 Å². The van der Waals surface area contributed by atoms with Crippen molar-refractivity contribution in [2.75, 3.05) is 11.9 Å². The molecule has 11 heteroatoms. The summed E-state index contributed by atoms with van der Waals surface area (Å²) in [6.07, 6.45) is -4.45. The van der Waals surface area contributed by atoms with Crippen LogP contribution >= 0.6 is 23.1 Å². The van der Waals surface area contributed by atoms with Crippen LogP contribution in [-0.2, 0) is 33.3 Å². The molecule has 6 nitrogen and oxygen atoms in total. The maximum absolute atomic E-state index is 12.6. The summed E-state index contributed by atoms with van der Waals surface area (Å²) in [6, 6.07) is 10.9. The fourth-order valence-electron chi connectivity index (χ4n) is 2.73. The largest absolute Gasteiger partial charge is 0.466 e. The Kier molecular flexibility index (Phi) is 7.93. The molecule has 0 spiro atoms. The van der Waals surface area contributed by atoms with Gasteiger partial charge in [0.1, 0.15) is 16.5 Å². The second-order valence-corrected chi connectivity index (χ2v) is 7.90. The summed E-state index contributed by atoms with van der Waals surface area (Å²) in [5, 5.41) is 3.20. The molecule has 1 heterocycles. The average Bonchev–Trinajstić information content (AvgIpc) is 3.08. The number of carbonyl (C=O) groups excluding carboxylic acids is 2. The highest BCUT2D eigenvalue weighted by Crippen LogP contribution is 2.32. The third kappa shape index (κ3) is 6.93. The molecule has 3 aromatic rings. The number of esters is 1. The minimum Gasteiger partial charge on any atom is -0.466 e. The first-order chi connectivity index (χ1) is 15.7. The van der Waals surface area contributed by atoms with Crippen molar-refractivity contribution in [1.82, 2.24) is 4.37 Å². The normalized spacial score (nSPS) is 11.2. The second kappa shape index (κ2) is 10.7. The summed E-state index contributed by atoms with van der Waals surface area (Å²) >= 11 is 7.16. The molecule has 0 saturated carbocycles. The van der Waals surface area contributed by atoms with Crippen molar-refractivity contribution in [2.24, 2.45) is 0 Å². The number of aromatic nitrogens is 1. The van der Waals surface area contributed by atoms with E-state index in [4.69, 9.17) is 21.1 Å². The van der Waals surface area contributed by atoms with E-state index in [9.17, 15) is 22.8 Å². The third-order valence-corrected chi connectivity index (χ3v) is 5.59. The molecule has 0 bridgehead atoms. The van der Waals surface area contributed by atoms with Crippen LogP contribution in [0.25, 0.3) is 0 Å². The van der Waals surface area contributed by atoms with Crippen molar-refractivity contribution in [3.05, 3.63) is 70.4 Å². The van der Waals surface area contributed by atoms with Gasteiger partial charge in [-0.1, -0.05) is 23.7 Å². The van der Waals surface area contributed by atoms with E-state index in [2.05, 4.69) is 9.69 Å². The first-order valence-corrected chi connectivity index (χ1v) is 10.8. The van der Waals surface area contributed by atoms with E-state index < -0.39 is 17.7 Å². The Morgan fingerprint density at radius 1 is 1.03 bits per heavy atom. The minimum atomic E-state index is -4.41. The number of hydrogen-bond acceptors (Lipinski definition) is 6. The van der Waals surface area contributed by atoms with Crippen LogP contribution in [0.2, 0.25) is 5.02 Å². The number of halogens is 4. The Labute approximate surface area is 196 Å². The van der Waals surface area contributed by atoms with Crippen LogP contribution in [0.1, 0.15) is 23.7 Å². The van der Waals surface area contributed by atoms with Gasteiger partial charge in [0.15, 0.2) is 0 Å². The number of benzene rings is 2. The van der Waals surface area contributed by atoms with Gasteiger partial charge in [0, 0.05) is 0 Å². The van der Waals surface area contributed by atoms with E-state index in [0.29, 0.717) is 22.0 Å². The Balaban J connectivity index is 1.55. The van der Waals surface area contributed by atoms with Gasteiger partial charge in [0.05, 0.1) is 35.7 Å². The number of anilines is 1. The monoisotopic (exact) mass is 498 g/mol. The zero-order valence-electron chi connectivity index (χ0n) is 17.2. The van der Waals surface area contributed by atoms with E-state index in [1.807, 2.05) is 0 Å². The summed E-state index contributed by atoms with van der Waals surface area (Å²) in [6.45, 7) is 1.94. The molecule has 0 fully saturated rings. The molecule has 0 saturated heterocycles. The second-order valence-electron chi connectivity index (χ2n) is 6.75. The lowest BCUT2D eigenvalue weighted by atomic mass is 10.1. The van der Waals surface area contributed by atoms with Gasteiger partial charge in [-0.05, 0) is 60.4 Å². The van der Waals surface area contributed by atoms with E-state index in [0.717, 1.165) is 23.7 Å². The van der Waals surface area contributed by atoms with E-state index in [1.54, 1.807) is 31.2 Å². The van der Waals surface area contributed by atoms with Crippen LogP contribution in [-0.4, -0.2) is 22.9 Å². The molecular weight excluding hydrogens is 481 g/mol. The van der Waals surface area contributed by atoms with Crippen molar-refractivity contribution in [1.29, 1.82) is 0 Å². The summed E-state index contributed by atoms with van der Waals surface area (Å²) in [7, 11) is 0. The highest BCUT2D eigenvalue weighted by atomic mass is 35.5. The van der Waals surface area contributed by atoms with Crippen LogP contribution in [0.5, 0.6) is 11.5 Å². The number of carbonyl (C=O) groups is 2. The molecule has 33 heavy (non-hydrogen) atoms. The Morgan fingerprint density at radius 2 is 1.64 bits per heavy atom. The fourth-order valence-corrected chi connectivity index (χ4v) is 3.75. The number of alkyl halides is 3. The maximum atomic E-state index is 12.6. The lowest BCUT2D eigenvalue weighted by molar-refractivity contribution is -0.142. The zero-order chi connectivity index (χ0) is 24.0. The lowest BCUT2D eigenvalue weighted by Gasteiger charge is -2.09. The SMILES string of the molecule is CCOC(=O)Cc1nsc(NC(=O)Cc2ccc(Oc3ccc(C(F)(F)F)cc3)cc2)c1Cl. The maximum Gasteiger partial charge on any atom is 0.416 e. The van der Waals surface area contributed by atoms with Gasteiger partial charge in [-0.3, -0.25) is 9.59 Å². The van der Waals surface area contributed by atoms with Gasteiger partial charge < -0.3 is 14.8 Å². The van der Waals surface area contributed by atoms with Crippen molar-refractivity contribution in [3.63, 3.8) is 0 Å². The molecule has 0 aliphatic rings. The number of ether oxygens (including phenoxy) is 2. The number of amides is 1. The molecule has 3 rings (SSSR count). The molecule has 0 unspecified atom stereocenters. The van der Waals surface area contributed by atoms with Gasteiger partial charge in [0.25, 0.3) is 0 Å². The molecule has 1 N–H and O–H groups in total. The average molecular weight is 499 g/mol. The van der Waals surface area contributed by atoms with Crippen molar-refractivity contribution in [3.8, 4) is 11.5 Å². The molecule has 2 aromatic carbocycles. The minimum absolute atomic E-state index is 0.0436. The molecule has 1 amide bonds. The van der Waals surface area contributed by atoms with Crippen LogP contribution in [0.3, 0.4) is 0 Å². The van der Waals surface area contributed by atoms with Gasteiger partial charge in [0.2, 0.25) is 5.91 Å². The van der Waals surface area contributed by atoms with Crippen LogP contribution < -0.4 is 10.1 Å². The number of rotatable bonds is 8. The smallest absolute Gasteiger partial charge is 0.416 e. The van der Waals surface area contributed by atoms with Gasteiger partial charge in [-0.25, -0.2) is 0 Å². The number of hydrogen-bond donors (Lipinski definition) is 1. The predicted octanol–water partition coefficient (Wildman–Crippen LogP) is 5.89. The quantitative estimate of drug-likeness (QED) is 0.392. The molecule has 174 valence electrons. The standard InChI is InChI=1S/C22H18ClF3N2O4S/c1-2-31-19(30)12-17-20(23)21(33-28-17)27-18(29)11-13-3-7-15(8-4-13)32-16-9-5-14(6-10-16)22(24,25)26/h3-10H,2,11-12H2,1H3,(H,27,29). The zero-order valence-corrected chi connectivity index (χ0v) is 18.8. The highest BCUT2D eigenvalue weighted by molar-refractivity contribution is 7.11. The molecule has 1 aromatic heterocycles. The van der Waals surface area contributed by atoms with Crippen molar-refractivity contribution in [2.45, 2.75) is 25.9 Å². The highest BCUT2D eigenvalue weighted by Gasteiger charge is 2.30.